The molecular weight excluding hydrogens is 164 g/mol. The first-order valence-corrected chi connectivity index (χ1v) is 3.88. The topological polar surface area (TPSA) is 35.0 Å². The summed E-state index contributed by atoms with van der Waals surface area (Å²) in [6.45, 7) is 0. The van der Waals surface area contributed by atoms with Gasteiger partial charge in [0.15, 0.2) is 5.15 Å². The average Bonchev–Trinajstić information content (AvgIpc) is 2.78. The van der Waals surface area contributed by atoms with Crippen LogP contribution in [-0.2, 0) is 0 Å². The summed E-state index contributed by atoms with van der Waals surface area (Å²) in [4.78, 5) is 0. The highest BCUT2D eigenvalue weighted by atomic mass is 35.5. The van der Waals surface area contributed by atoms with E-state index in [9.17, 15) is 0 Å². The smallest absolute Gasteiger partial charge is 0.233 e. The Labute approximate surface area is 69.3 Å². The molecule has 0 saturated heterocycles. The number of hydrogen-bond donors (Lipinski definition) is 0. The third kappa shape index (κ3) is 1.80. The van der Waals surface area contributed by atoms with Gasteiger partial charge in [0.2, 0.25) is 5.88 Å². The highest BCUT2D eigenvalue weighted by Gasteiger charge is 2.23. The van der Waals surface area contributed by atoms with E-state index in [1.807, 2.05) is 0 Å². The van der Waals surface area contributed by atoms with Crippen molar-refractivity contribution in [1.82, 2.24) is 10.2 Å². The lowest BCUT2D eigenvalue weighted by molar-refractivity contribution is 0.287. The normalized spacial score (nSPS) is 16.5. The zero-order valence-electron chi connectivity index (χ0n) is 5.83. The number of halogens is 1. The van der Waals surface area contributed by atoms with E-state index in [4.69, 9.17) is 16.3 Å². The van der Waals surface area contributed by atoms with E-state index < -0.39 is 0 Å². The molecule has 0 atom stereocenters. The fourth-order valence-corrected chi connectivity index (χ4v) is 0.824. The number of hydrogen-bond acceptors (Lipinski definition) is 3. The van der Waals surface area contributed by atoms with Gasteiger partial charge in [0.25, 0.3) is 0 Å². The standard InChI is InChI=1S/C7H7ClN2O/c8-6-3-4-7(10-9-6)11-5-1-2-5/h3-5H,1-2H2. The minimum Gasteiger partial charge on any atom is -0.473 e. The molecule has 4 heteroatoms. The molecule has 1 aliphatic rings. The third-order valence-corrected chi connectivity index (χ3v) is 1.62. The number of nitrogens with zero attached hydrogens (tertiary/aromatic N) is 2. The summed E-state index contributed by atoms with van der Waals surface area (Å²) in [5.74, 6) is 0.567. The Morgan fingerprint density at radius 3 is 2.73 bits per heavy atom. The number of rotatable bonds is 2. The van der Waals surface area contributed by atoms with Crippen molar-refractivity contribution in [2.24, 2.45) is 0 Å². The quantitative estimate of drug-likeness (QED) is 0.677. The van der Waals surface area contributed by atoms with E-state index in [2.05, 4.69) is 10.2 Å². The van der Waals surface area contributed by atoms with Crippen LogP contribution in [0.15, 0.2) is 12.1 Å². The molecule has 0 aliphatic heterocycles. The highest BCUT2D eigenvalue weighted by molar-refractivity contribution is 6.29. The maximum Gasteiger partial charge on any atom is 0.233 e. The fourth-order valence-electron chi connectivity index (χ4n) is 0.723. The van der Waals surface area contributed by atoms with E-state index in [1.165, 1.54) is 0 Å². The summed E-state index contributed by atoms with van der Waals surface area (Å²) in [7, 11) is 0. The second-order valence-corrected chi connectivity index (χ2v) is 2.90. The second-order valence-electron chi connectivity index (χ2n) is 2.51. The van der Waals surface area contributed by atoms with Crippen molar-refractivity contribution in [2.75, 3.05) is 0 Å². The van der Waals surface area contributed by atoms with Gasteiger partial charge in [0.1, 0.15) is 6.10 Å². The van der Waals surface area contributed by atoms with Crippen LogP contribution < -0.4 is 4.74 Å². The van der Waals surface area contributed by atoms with Crippen LogP contribution in [0.25, 0.3) is 0 Å². The zero-order valence-corrected chi connectivity index (χ0v) is 6.58. The molecule has 1 fully saturated rings. The molecule has 1 heterocycles. The van der Waals surface area contributed by atoms with Gasteiger partial charge in [-0.25, -0.2) is 0 Å². The molecule has 1 aliphatic carbocycles. The van der Waals surface area contributed by atoms with Crippen LogP contribution in [0.1, 0.15) is 12.8 Å². The molecule has 0 spiro atoms. The van der Waals surface area contributed by atoms with Gasteiger partial charge in [-0.05, 0) is 18.9 Å². The molecule has 0 amide bonds. The molecule has 58 valence electrons. The van der Waals surface area contributed by atoms with Crippen LogP contribution in [0.5, 0.6) is 5.88 Å². The molecule has 0 bridgehead atoms. The molecular formula is C7H7ClN2O. The molecule has 0 N–H and O–H groups in total. The molecule has 1 saturated carbocycles. The van der Waals surface area contributed by atoms with Crippen LogP contribution >= 0.6 is 11.6 Å². The van der Waals surface area contributed by atoms with Crippen molar-refractivity contribution >= 4 is 11.6 Å². The molecule has 1 aromatic rings. The molecule has 0 aromatic carbocycles. The van der Waals surface area contributed by atoms with Crippen molar-refractivity contribution in [3.05, 3.63) is 17.3 Å². The van der Waals surface area contributed by atoms with Crippen molar-refractivity contribution < 1.29 is 4.74 Å². The fraction of sp³-hybridized carbons (Fsp3) is 0.429. The Morgan fingerprint density at radius 2 is 2.18 bits per heavy atom. The van der Waals surface area contributed by atoms with Gasteiger partial charge < -0.3 is 4.74 Å². The SMILES string of the molecule is Clc1ccc(OC2CC2)nn1. The Bertz CT molecular complexity index is 245. The van der Waals surface area contributed by atoms with Crippen LogP contribution in [0.2, 0.25) is 5.15 Å². The van der Waals surface area contributed by atoms with Gasteiger partial charge in [0, 0.05) is 6.07 Å². The van der Waals surface area contributed by atoms with Gasteiger partial charge in [-0.3, -0.25) is 0 Å². The monoisotopic (exact) mass is 170 g/mol. The summed E-state index contributed by atoms with van der Waals surface area (Å²) >= 11 is 5.53. The van der Waals surface area contributed by atoms with Crippen LogP contribution in [-0.4, -0.2) is 16.3 Å². The summed E-state index contributed by atoms with van der Waals surface area (Å²) in [6.07, 6.45) is 2.62. The lowest BCUT2D eigenvalue weighted by Gasteiger charge is -1.99. The Hall–Kier alpha value is -0.830. The minimum absolute atomic E-state index is 0.366. The third-order valence-electron chi connectivity index (χ3n) is 1.42. The number of ether oxygens (including phenoxy) is 1. The average molecular weight is 171 g/mol. The van der Waals surface area contributed by atoms with Crippen LogP contribution in [0.4, 0.5) is 0 Å². The van der Waals surface area contributed by atoms with Gasteiger partial charge in [-0.2, -0.15) is 0 Å². The molecule has 0 unspecified atom stereocenters. The largest absolute Gasteiger partial charge is 0.473 e. The van der Waals surface area contributed by atoms with E-state index in [-0.39, 0.29) is 0 Å². The lowest BCUT2D eigenvalue weighted by Crippen LogP contribution is -1.98. The Morgan fingerprint density at radius 1 is 1.36 bits per heavy atom. The van der Waals surface area contributed by atoms with E-state index in [0.717, 1.165) is 12.8 Å². The van der Waals surface area contributed by atoms with Gasteiger partial charge in [-0.1, -0.05) is 11.6 Å². The van der Waals surface area contributed by atoms with E-state index >= 15 is 0 Å². The maximum atomic E-state index is 5.53. The van der Waals surface area contributed by atoms with Gasteiger partial charge in [0.05, 0.1) is 0 Å². The van der Waals surface area contributed by atoms with E-state index in [1.54, 1.807) is 12.1 Å². The first-order chi connectivity index (χ1) is 5.34. The predicted octanol–water partition coefficient (Wildman–Crippen LogP) is 1.67. The molecule has 2 rings (SSSR count). The van der Waals surface area contributed by atoms with Crippen LogP contribution in [0, 0.1) is 0 Å². The summed E-state index contributed by atoms with van der Waals surface area (Å²) in [5.41, 5.74) is 0. The predicted molar refractivity (Wildman–Crippen MR) is 40.7 cm³/mol. The summed E-state index contributed by atoms with van der Waals surface area (Å²) < 4.78 is 5.35. The first kappa shape index (κ1) is 6.85. The van der Waals surface area contributed by atoms with Crippen molar-refractivity contribution in [3.8, 4) is 5.88 Å². The first-order valence-electron chi connectivity index (χ1n) is 3.50. The molecule has 3 nitrogen and oxygen atoms in total. The Kier molecular flexibility index (Phi) is 1.66. The summed E-state index contributed by atoms with van der Waals surface area (Å²) in [5, 5.41) is 7.80. The summed E-state index contributed by atoms with van der Waals surface area (Å²) in [6, 6.07) is 3.40. The van der Waals surface area contributed by atoms with Crippen LogP contribution in [0.3, 0.4) is 0 Å². The maximum absolute atomic E-state index is 5.53. The molecule has 1 aromatic heterocycles. The number of aromatic nitrogens is 2. The van der Waals surface area contributed by atoms with Crippen molar-refractivity contribution in [3.63, 3.8) is 0 Å². The van der Waals surface area contributed by atoms with Gasteiger partial charge in [-0.15, -0.1) is 10.2 Å². The molecule has 0 radical (unpaired) electrons. The second kappa shape index (κ2) is 2.66. The minimum atomic E-state index is 0.366. The van der Waals surface area contributed by atoms with Crippen molar-refractivity contribution in [2.45, 2.75) is 18.9 Å². The van der Waals surface area contributed by atoms with E-state index in [0.29, 0.717) is 17.1 Å². The lowest BCUT2D eigenvalue weighted by atomic mass is 10.6. The molecule has 11 heavy (non-hydrogen) atoms. The highest BCUT2D eigenvalue weighted by Crippen LogP contribution is 2.25. The Balaban J connectivity index is 2.06. The van der Waals surface area contributed by atoms with Gasteiger partial charge >= 0.3 is 0 Å². The zero-order chi connectivity index (χ0) is 7.68. The van der Waals surface area contributed by atoms with Crippen molar-refractivity contribution in [1.29, 1.82) is 0 Å².